The van der Waals surface area contributed by atoms with Gasteiger partial charge in [-0.25, -0.2) is 4.98 Å². The first kappa shape index (κ1) is 18.3. The van der Waals surface area contributed by atoms with Crippen LogP contribution in [0.2, 0.25) is 0 Å². The van der Waals surface area contributed by atoms with E-state index in [9.17, 15) is 9.59 Å². The number of benzene rings is 1. The second-order valence-electron chi connectivity index (χ2n) is 6.48. The predicted octanol–water partition coefficient (Wildman–Crippen LogP) is 4.19. The van der Waals surface area contributed by atoms with Crippen molar-refractivity contribution in [1.29, 1.82) is 0 Å². The highest BCUT2D eigenvalue weighted by Crippen LogP contribution is 2.34. The Balaban J connectivity index is 1.66. The van der Waals surface area contributed by atoms with Gasteiger partial charge in [0.25, 0.3) is 5.56 Å². The van der Waals surface area contributed by atoms with Gasteiger partial charge < -0.3 is 9.72 Å². The van der Waals surface area contributed by atoms with Gasteiger partial charge in [0.2, 0.25) is 0 Å². The predicted molar refractivity (Wildman–Crippen MR) is 110 cm³/mol. The summed E-state index contributed by atoms with van der Waals surface area (Å²) in [5.74, 6) is -0.183. The molecule has 2 aromatic heterocycles. The zero-order valence-electron chi connectivity index (χ0n) is 15.0. The molecule has 1 aromatic carbocycles. The number of aromatic nitrogens is 2. The number of esters is 1. The summed E-state index contributed by atoms with van der Waals surface area (Å²) in [4.78, 5) is 32.2. The highest BCUT2D eigenvalue weighted by molar-refractivity contribution is 7.99. The van der Waals surface area contributed by atoms with Crippen molar-refractivity contribution in [2.75, 3.05) is 12.4 Å². The number of hydrogen-bond donors (Lipinski definition) is 1. The van der Waals surface area contributed by atoms with Gasteiger partial charge in [-0.1, -0.05) is 30.0 Å². The Morgan fingerprint density at radius 1 is 1.30 bits per heavy atom. The Morgan fingerprint density at radius 2 is 2.11 bits per heavy atom. The summed E-state index contributed by atoms with van der Waals surface area (Å²) in [6, 6.07) is 6.52. The third-order valence-electron chi connectivity index (χ3n) is 4.71. The molecule has 0 fully saturated rings. The number of rotatable bonds is 5. The molecule has 0 atom stereocenters. The minimum Gasteiger partial charge on any atom is -0.465 e. The summed E-state index contributed by atoms with van der Waals surface area (Å²) in [6.45, 7) is 2.11. The first-order chi connectivity index (χ1) is 13.2. The molecule has 27 heavy (non-hydrogen) atoms. The van der Waals surface area contributed by atoms with E-state index in [-0.39, 0.29) is 17.3 Å². The van der Waals surface area contributed by atoms with Crippen LogP contribution < -0.4 is 5.56 Å². The Morgan fingerprint density at radius 3 is 2.93 bits per heavy atom. The van der Waals surface area contributed by atoms with Crippen molar-refractivity contribution in [3.05, 3.63) is 45.1 Å². The summed E-state index contributed by atoms with van der Waals surface area (Å²) in [5, 5.41) is 3.06. The molecule has 4 rings (SSSR count). The van der Waals surface area contributed by atoms with E-state index in [0.717, 1.165) is 24.0 Å². The summed E-state index contributed by atoms with van der Waals surface area (Å²) in [6.07, 6.45) is 4.73. The van der Waals surface area contributed by atoms with Gasteiger partial charge in [-0.15, -0.1) is 11.3 Å². The highest BCUT2D eigenvalue weighted by atomic mass is 32.2. The van der Waals surface area contributed by atoms with Gasteiger partial charge >= 0.3 is 5.97 Å². The normalized spacial score (nSPS) is 13.5. The van der Waals surface area contributed by atoms with Gasteiger partial charge in [0, 0.05) is 10.9 Å². The van der Waals surface area contributed by atoms with Crippen LogP contribution in [0.3, 0.4) is 0 Å². The molecule has 1 N–H and O–H groups in total. The van der Waals surface area contributed by atoms with E-state index in [2.05, 4.69) is 28.2 Å². The van der Waals surface area contributed by atoms with Crippen LogP contribution in [0.15, 0.2) is 33.5 Å². The number of hydrogen-bond acceptors (Lipinski definition) is 6. The van der Waals surface area contributed by atoms with Crippen molar-refractivity contribution in [3.8, 4) is 11.1 Å². The van der Waals surface area contributed by atoms with Crippen LogP contribution in [0, 0.1) is 0 Å². The molecule has 0 unspecified atom stereocenters. The van der Waals surface area contributed by atoms with Crippen molar-refractivity contribution >= 4 is 39.3 Å². The molecule has 0 amide bonds. The van der Waals surface area contributed by atoms with Crippen LogP contribution in [0.4, 0.5) is 0 Å². The monoisotopic (exact) mass is 400 g/mol. The molecule has 0 saturated heterocycles. The molecule has 3 aromatic rings. The van der Waals surface area contributed by atoms with E-state index in [1.165, 1.54) is 47.1 Å². The molecule has 0 saturated carbocycles. The standard InChI is InChI=1S/C20H20N2O3S2/c1-2-25-16(23)11-27-20-21-18(24)17-15(10-26-19(17)22-20)14-8-7-12-5-3-4-6-13(12)9-14/h7-10H,2-6,11H2,1H3,(H,21,22,24). The molecule has 2 heterocycles. The second-order valence-corrected chi connectivity index (χ2v) is 8.31. The molecule has 7 heteroatoms. The maximum atomic E-state index is 12.7. The number of aromatic amines is 1. The highest BCUT2D eigenvalue weighted by Gasteiger charge is 2.16. The van der Waals surface area contributed by atoms with E-state index in [1.54, 1.807) is 6.92 Å². The fourth-order valence-corrected chi connectivity index (χ4v) is 5.11. The van der Waals surface area contributed by atoms with E-state index in [0.29, 0.717) is 22.0 Å². The quantitative estimate of drug-likeness (QED) is 0.395. The van der Waals surface area contributed by atoms with Gasteiger partial charge in [-0.3, -0.25) is 9.59 Å². The topological polar surface area (TPSA) is 72.0 Å². The van der Waals surface area contributed by atoms with Gasteiger partial charge in [-0.2, -0.15) is 0 Å². The number of thiophene rings is 1. The Hall–Kier alpha value is -2.12. The average molecular weight is 401 g/mol. The maximum absolute atomic E-state index is 12.7. The first-order valence-electron chi connectivity index (χ1n) is 9.08. The van der Waals surface area contributed by atoms with Crippen molar-refractivity contribution in [3.63, 3.8) is 0 Å². The molecule has 5 nitrogen and oxygen atoms in total. The van der Waals surface area contributed by atoms with Crippen LogP contribution in [-0.4, -0.2) is 28.3 Å². The summed E-state index contributed by atoms with van der Waals surface area (Å²) in [7, 11) is 0. The third-order valence-corrected chi connectivity index (χ3v) is 6.43. The number of nitrogens with one attached hydrogen (secondary N) is 1. The third kappa shape index (κ3) is 3.80. The Labute approximate surface area is 165 Å². The lowest BCUT2D eigenvalue weighted by Crippen LogP contribution is -2.11. The molecule has 1 aliphatic carbocycles. The van der Waals surface area contributed by atoms with Gasteiger partial charge in [-0.05, 0) is 49.3 Å². The number of thioether (sulfide) groups is 1. The van der Waals surface area contributed by atoms with Gasteiger partial charge in [0.05, 0.1) is 17.7 Å². The van der Waals surface area contributed by atoms with E-state index >= 15 is 0 Å². The number of aryl methyl sites for hydroxylation is 2. The number of H-pyrrole nitrogens is 1. The molecule has 0 aliphatic heterocycles. The average Bonchev–Trinajstić information content (AvgIpc) is 3.11. The number of carbonyl (C=O) groups is 1. The number of nitrogens with zero attached hydrogens (tertiary/aromatic N) is 1. The largest absolute Gasteiger partial charge is 0.465 e. The van der Waals surface area contributed by atoms with Crippen LogP contribution in [-0.2, 0) is 22.4 Å². The summed E-state index contributed by atoms with van der Waals surface area (Å²) >= 11 is 2.65. The van der Waals surface area contributed by atoms with Gasteiger partial charge in [0.1, 0.15) is 4.83 Å². The van der Waals surface area contributed by atoms with Crippen molar-refractivity contribution in [2.24, 2.45) is 0 Å². The maximum Gasteiger partial charge on any atom is 0.316 e. The minimum absolute atomic E-state index is 0.130. The van der Waals surface area contributed by atoms with Crippen LogP contribution >= 0.6 is 23.1 Å². The zero-order valence-corrected chi connectivity index (χ0v) is 16.7. The molecule has 0 bridgehead atoms. The SMILES string of the molecule is CCOC(=O)CSc1nc2scc(-c3ccc4c(c3)CCCC4)c2c(=O)[nH]1. The number of ether oxygens (including phenoxy) is 1. The summed E-state index contributed by atoms with van der Waals surface area (Å²) < 4.78 is 4.91. The molecule has 140 valence electrons. The fraction of sp³-hybridized carbons (Fsp3) is 0.350. The Kier molecular flexibility index (Phi) is 5.31. The second kappa shape index (κ2) is 7.86. The van der Waals surface area contributed by atoms with E-state index < -0.39 is 0 Å². The van der Waals surface area contributed by atoms with Crippen LogP contribution in [0.1, 0.15) is 30.9 Å². The van der Waals surface area contributed by atoms with E-state index in [4.69, 9.17) is 4.74 Å². The first-order valence-corrected chi connectivity index (χ1v) is 10.9. The fourth-order valence-electron chi connectivity index (χ4n) is 3.44. The number of carbonyl (C=O) groups excluding carboxylic acids is 1. The van der Waals surface area contributed by atoms with Crippen LogP contribution in [0.25, 0.3) is 21.3 Å². The molecular weight excluding hydrogens is 380 g/mol. The Bertz CT molecular complexity index is 1060. The molecule has 0 radical (unpaired) electrons. The van der Waals surface area contributed by atoms with Crippen molar-refractivity contribution < 1.29 is 9.53 Å². The van der Waals surface area contributed by atoms with Crippen molar-refractivity contribution in [1.82, 2.24) is 9.97 Å². The van der Waals surface area contributed by atoms with Gasteiger partial charge in [0.15, 0.2) is 5.16 Å². The molecular formula is C20H20N2O3S2. The van der Waals surface area contributed by atoms with E-state index in [1.807, 2.05) is 5.38 Å². The molecule has 1 aliphatic rings. The van der Waals surface area contributed by atoms with Crippen LogP contribution in [0.5, 0.6) is 0 Å². The lowest BCUT2D eigenvalue weighted by Gasteiger charge is -2.16. The minimum atomic E-state index is -0.314. The smallest absolute Gasteiger partial charge is 0.316 e. The molecule has 0 spiro atoms. The zero-order chi connectivity index (χ0) is 18.8. The van der Waals surface area contributed by atoms with Crippen molar-refractivity contribution in [2.45, 2.75) is 37.8 Å². The lowest BCUT2D eigenvalue weighted by molar-refractivity contribution is -0.139. The lowest BCUT2D eigenvalue weighted by atomic mass is 9.89. The number of fused-ring (bicyclic) bond motifs is 2. The summed E-state index contributed by atoms with van der Waals surface area (Å²) in [5.41, 5.74) is 4.65.